The molecule has 1 amide bonds. The fourth-order valence-electron chi connectivity index (χ4n) is 2.67. The summed E-state index contributed by atoms with van der Waals surface area (Å²) >= 11 is 0. The number of nitrogens with zero attached hydrogens (tertiary/aromatic N) is 2. The van der Waals surface area contributed by atoms with Gasteiger partial charge in [0.1, 0.15) is 0 Å². The summed E-state index contributed by atoms with van der Waals surface area (Å²) in [7, 11) is 0. The number of rotatable bonds is 4. The second-order valence-electron chi connectivity index (χ2n) is 4.97. The Morgan fingerprint density at radius 2 is 2.39 bits per heavy atom. The molecular formula is C13H20N4O. The highest BCUT2D eigenvalue weighted by Gasteiger charge is 2.33. The molecule has 1 aromatic rings. The first-order chi connectivity index (χ1) is 8.59. The Balaban J connectivity index is 2.15. The van der Waals surface area contributed by atoms with Gasteiger partial charge in [-0.3, -0.25) is 14.7 Å². The first-order valence-electron chi connectivity index (χ1n) is 6.28. The van der Waals surface area contributed by atoms with Crippen LogP contribution in [-0.4, -0.2) is 34.9 Å². The van der Waals surface area contributed by atoms with Crippen LogP contribution in [0, 0.1) is 5.92 Å². The molecule has 1 fully saturated rings. The number of primary amides is 1. The van der Waals surface area contributed by atoms with E-state index in [1.807, 2.05) is 25.3 Å². The van der Waals surface area contributed by atoms with Crippen molar-refractivity contribution < 1.29 is 4.79 Å². The molecule has 0 radical (unpaired) electrons. The molecular weight excluding hydrogens is 228 g/mol. The van der Waals surface area contributed by atoms with Gasteiger partial charge in [-0.25, -0.2) is 0 Å². The molecule has 2 heterocycles. The van der Waals surface area contributed by atoms with E-state index < -0.39 is 0 Å². The third-order valence-corrected chi connectivity index (χ3v) is 3.54. The molecule has 0 bridgehead atoms. The lowest BCUT2D eigenvalue weighted by Crippen LogP contribution is -2.39. The first kappa shape index (κ1) is 13.0. The average Bonchev–Trinajstić information content (AvgIpc) is 2.79. The highest BCUT2D eigenvalue weighted by molar-refractivity contribution is 5.77. The van der Waals surface area contributed by atoms with Crippen LogP contribution in [0.3, 0.4) is 0 Å². The molecule has 0 saturated carbocycles. The summed E-state index contributed by atoms with van der Waals surface area (Å²) in [4.78, 5) is 17.6. The molecule has 3 atom stereocenters. The highest BCUT2D eigenvalue weighted by Crippen LogP contribution is 2.29. The Bertz CT molecular complexity index is 407. The second-order valence-corrected chi connectivity index (χ2v) is 4.97. The summed E-state index contributed by atoms with van der Waals surface area (Å²) in [6, 6.07) is 4.02. The molecule has 0 aromatic carbocycles. The second kappa shape index (κ2) is 5.46. The molecule has 4 N–H and O–H groups in total. The summed E-state index contributed by atoms with van der Waals surface area (Å²) < 4.78 is 0. The molecule has 1 aliphatic heterocycles. The van der Waals surface area contributed by atoms with Gasteiger partial charge in [0.2, 0.25) is 5.91 Å². The molecule has 5 heteroatoms. The first-order valence-corrected chi connectivity index (χ1v) is 6.28. The van der Waals surface area contributed by atoms with E-state index in [0.29, 0.717) is 6.54 Å². The normalized spacial score (nSPS) is 23.8. The lowest BCUT2D eigenvalue weighted by atomic mass is 10.0. The molecule has 1 aliphatic rings. The Morgan fingerprint density at radius 3 is 2.89 bits per heavy atom. The fourth-order valence-corrected chi connectivity index (χ4v) is 2.67. The van der Waals surface area contributed by atoms with Crippen molar-refractivity contribution in [3.63, 3.8) is 0 Å². The van der Waals surface area contributed by atoms with Crippen molar-refractivity contribution in [2.75, 3.05) is 13.1 Å². The van der Waals surface area contributed by atoms with E-state index >= 15 is 0 Å². The lowest BCUT2D eigenvalue weighted by molar-refractivity contribution is -0.121. The number of amides is 1. The maximum absolute atomic E-state index is 11.2. The molecule has 1 aromatic heterocycles. The van der Waals surface area contributed by atoms with Gasteiger partial charge in [-0.2, -0.15) is 0 Å². The quantitative estimate of drug-likeness (QED) is 0.801. The minimum absolute atomic E-state index is 0.0131. The molecule has 18 heavy (non-hydrogen) atoms. The van der Waals surface area contributed by atoms with Gasteiger partial charge in [0.05, 0.1) is 12.0 Å². The fraction of sp³-hybridized carbons (Fsp3) is 0.538. The Kier molecular flexibility index (Phi) is 3.93. The van der Waals surface area contributed by atoms with Gasteiger partial charge in [0, 0.05) is 25.0 Å². The third kappa shape index (κ3) is 2.68. The van der Waals surface area contributed by atoms with Crippen molar-refractivity contribution in [1.82, 2.24) is 9.88 Å². The van der Waals surface area contributed by atoms with Crippen LogP contribution in [0.15, 0.2) is 24.5 Å². The van der Waals surface area contributed by atoms with Gasteiger partial charge in [0.15, 0.2) is 0 Å². The van der Waals surface area contributed by atoms with E-state index in [1.54, 1.807) is 6.20 Å². The summed E-state index contributed by atoms with van der Waals surface area (Å²) in [5.74, 6) is -0.268. The molecule has 5 nitrogen and oxygen atoms in total. The Morgan fingerprint density at radius 1 is 1.61 bits per heavy atom. The van der Waals surface area contributed by atoms with Gasteiger partial charge in [-0.05, 0) is 31.5 Å². The molecule has 0 spiro atoms. The summed E-state index contributed by atoms with van der Waals surface area (Å²) in [5.41, 5.74) is 12.5. The summed E-state index contributed by atoms with van der Waals surface area (Å²) in [6.45, 7) is 3.53. The highest BCUT2D eigenvalue weighted by atomic mass is 16.1. The van der Waals surface area contributed by atoms with Gasteiger partial charge >= 0.3 is 0 Å². The van der Waals surface area contributed by atoms with Crippen molar-refractivity contribution in [3.8, 4) is 0 Å². The van der Waals surface area contributed by atoms with Crippen molar-refractivity contribution in [2.24, 2.45) is 17.4 Å². The maximum atomic E-state index is 11.2. The van der Waals surface area contributed by atoms with Crippen molar-refractivity contribution >= 4 is 5.91 Å². The standard InChI is InChI=1S/C13H20N4O/c1-9(14)12(10-3-2-5-16-7-10)17-6-4-11(8-17)13(15)18/h2-3,5,7,9,11-12H,4,6,8,14H2,1H3,(H2,15,18). The largest absolute Gasteiger partial charge is 0.369 e. The Labute approximate surface area is 107 Å². The molecule has 1 saturated heterocycles. The van der Waals surface area contributed by atoms with Crippen LogP contribution >= 0.6 is 0 Å². The minimum Gasteiger partial charge on any atom is -0.369 e. The van der Waals surface area contributed by atoms with Crippen molar-refractivity contribution in [3.05, 3.63) is 30.1 Å². The van der Waals surface area contributed by atoms with Crippen LogP contribution in [-0.2, 0) is 4.79 Å². The van der Waals surface area contributed by atoms with Crippen LogP contribution in [0.1, 0.15) is 24.9 Å². The maximum Gasteiger partial charge on any atom is 0.221 e. The zero-order valence-electron chi connectivity index (χ0n) is 10.6. The number of carbonyl (C=O) groups excluding carboxylic acids is 1. The predicted molar refractivity (Wildman–Crippen MR) is 69.5 cm³/mol. The van der Waals surface area contributed by atoms with E-state index in [1.165, 1.54) is 0 Å². The number of nitrogens with two attached hydrogens (primary N) is 2. The van der Waals surface area contributed by atoms with Crippen molar-refractivity contribution in [1.29, 1.82) is 0 Å². The number of likely N-dealkylation sites (tertiary alicyclic amines) is 1. The molecule has 0 aliphatic carbocycles. The van der Waals surface area contributed by atoms with E-state index in [9.17, 15) is 4.79 Å². The third-order valence-electron chi connectivity index (χ3n) is 3.54. The predicted octanol–water partition coefficient (Wildman–Crippen LogP) is 0.277. The molecule has 3 unspecified atom stereocenters. The van der Waals surface area contributed by atoms with E-state index in [4.69, 9.17) is 11.5 Å². The van der Waals surface area contributed by atoms with E-state index in [2.05, 4.69) is 9.88 Å². The molecule has 2 rings (SSSR count). The number of hydrogen-bond acceptors (Lipinski definition) is 4. The minimum atomic E-state index is -0.216. The number of aromatic nitrogens is 1. The monoisotopic (exact) mass is 248 g/mol. The topological polar surface area (TPSA) is 85.2 Å². The summed E-state index contributed by atoms with van der Waals surface area (Å²) in [5, 5.41) is 0. The van der Waals surface area contributed by atoms with Gasteiger partial charge < -0.3 is 11.5 Å². The van der Waals surface area contributed by atoms with Crippen LogP contribution in [0.25, 0.3) is 0 Å². The van der Waals surface area contributed by atoms with E-state index in [-0.39, 0.29) is 23.9 Å². The number of carbonyl (C=O) groups is 1. The van der Waals surface area contributed by atoms with Crippen LogP contribution < -0.4 is 11.5 Å². The smallest absolute Gasteiger partial charge is 0.221 e. The average molecular weight is 248 g/mol. The number of hydrogen-bond donors (Lipinski definition) is 2. The van der Waals surface area contributed by atoms with Crippen LogP contribution in [0.2, 0.25) is 0 Å². The molecule has 98 valence electrons. The number of pyridine rings is 1. The van der Waals surface area contributed by atoms with Gasteiger partial charge in [-0.15, -0.1) is 0 Å². The summed E-state index contributed by atoms with van der Waals surface area (Å²) in [6.07, 6.45) is 4.41. The zero-order valence-corrected chi connectivity index (χ0v) is 10.6. The Hall–Kier alpha value is -1.46. The van der Waals surface area contributed by atoms with E-state index in [0.717, 1.165) is 18.5 Å². The van der Waals surface area contributed by atoms with Crippen LogP contribution in [0.4, 0.5) is 0 Å². The van der Waals surface area contributed by atoms with Crippen molar-refractivity contribution in [2.45, 2.75) is 25.4 Å². The SMILES string of the molecule is CC(N)C(c1cccnc1)N1CCC(C(N)=O)C1. The lowest BCUT2D eigenvalue weighted by Gasteiger charge is -2.31. The van der Waals surface area contributed by atoms with Crippen LogP contribution in [0.5, 0.6) is 0 Å². The van der Waals surface area contributed by atoms with Gasteiger partial charge in [-0.1, -0.05) is 6.07 Å². The van der Waals surface area contributed by atoms with Gasteiger partial charge in [0.25, 0.3) is 0 Å². The zero-order chi connectivity index (χ0) is 13.1.